The van der Waals surface area contributed by atoms with E-state index < -0.39 is 12.0 Å². The molecule has 3 heteroatoms. The van der Waals surface area contributed by atoms with E-state index in [9.17, 15) is 14.0 Å². The third-order valence-electron chi connectivity index (χ3n) is 2.08. The van der Waals surface area contributed by atoms with Gasteiger partial charge in [-0.3, -0.25) is 9.59 Å². The van der Waals surface area contributed by atoms with E-state index in [1.54, 1.807) is 0 Å². The summed E-state index contributed by atoms with van der Waals surface area (Å²) in [6, 6.07) is 0. The van der Waals surface area contributed by atoms with Gasteiger partial charge in [0, 0.05) is 0 Å². The summed E-state index contributed by atoms with van der Waals surface area (Å²) in [6.07, 6.45) is 2.45. The van der Waals surface area contributed by atoms with E-state index in [2.05, 4.69) is 6.92 Å². The Morgan fingerprint density at radius 3 is 2.36 bits per heavy atom. The molecule has 0 saturated carbocycles. The van der Waals surface area contributed by atoms with Gasteiger partial charge in [0.15, 0.2) is 12.0 Å². The number of alkyl halides is 1. The lowest BCUT2D eigenvalue weighted by Crippen LogP contribution is -2.18. The van der Waals surface area contributed by atoms with Crippen LogP contribution in [0.25, 0.3) is 0 Å². The maximum atomic E-state index is 13.1. The molecule has 0 aromatic rings. The minimum atomic E-state index is -1.43. The summed E-state index contributed by atoms with van der Waals surface area (Å²) in [6.45, 7) is 3.38. The van der Waals surface area contributed by atoms with Crippen LogP contribution in [0, 0.1) is 0 Å². The van der Waals surface area contributed by atoms with Crippen molar-refractivity contribution in [2.24, 2.45) is 0 Å². The first kappa shape index (κ1) is 13.3. The number of halogens is 1. The molecule has 0 rings (SSSR count). The standard InChI is InChI=1S/C11H19FO2/c1-3-4-5-6-7-10(12)11(14)8-9(2)13/h10H,3-8H2,1-2H3. The predicted octanol–water partition coefficient (Wildman–Crippen LogP) is 2.84. The number of ketones is 2. The Labute approximate surface area is 84.9 Å². The lowest BCUT2D eigenvalue weighted by molar-refractivity contribution is -0.129. The van der Waals surface area contributed by atoms with Crippen LogP contribution in [0.4, 0.5) is 4.39 Å². The summed E-state index contributed by atoms with van der Waals surface area (Å²) in [4.78, 5) is 21.6. The van der Waals surface area contributed by atoms with Crippen molar-refractivity contribution in [3.05, 3.63) is 0 Å². The zero-order chi connectivity index (χ0) is 11.0. The van der Waals surface area contributed by atoms with Crippen LogP contribution in [0.2, 0.25) is 0 Å². The normalized spacial score (nSPS) is 12.5. The van der Waals surface area contributed by atoms with E-state index in [1.165, 1.54) is 6.92 Å². The number of carbonyl (C=O) groups is 2. The molecule has 2 nitrogen and oxygen atoms in total. The first-order valence-electron chi connectivity index (χ1n) is 5.24. The summed E-state index contributed by atoms with van der Waals surface area (Å²) >= 11 is 0. The van der Waals surface area contributed by atoms with Crippen LogP contribution in [-0.4, -0.2) is 17.7 Å². The van der Waals surface area contributed by atoms with Crippen molar-refractivity contribution in [2.45, 2.75) is 58.5 Å². The van der Waals surface area contributed by atoms with Crippen molar-refractivity contribution in [3.8, 4) is 0 Å². The minimum absolute atomic E-state index is 0.255. The van der Waals surface area contributed by atoms with Crippen molar-refractivity contribution >= 4 is 11.6 Å². The number of hydrogen-bond donors (Lipinski definition) is 0. The topological polar surface area (TPSA) is 34.1 Å². The maximum absolute atomic E-state index is 13.1. The number of rotatable bonds is 8. The lowest BCUT2D eigenvalue weighted by Gasteiger charge is -2.05. The van der Waals surface area contributed by atoms with Crippen molar-refractivity contribution in [2.75, 3.05) is 0 Å². The minimum Gasteiger partial charge on any atom is -0.300 e. The third kappa shape index (κ3) is 6.75. The van der Waals surface area contributed by atoms with Gasteiger partial charge in [-0.25, -0.2) is 4.39 Å². The molecule has 0 aromatic heterocycles. The van der Waals surface area contributed by atoms with Crippen LogP contribution < -0.4 is 0 Å². The molecule has 0 N–H and O–H groups in total. The molecular weight excluding hydrogens is 183 g/mol. The van der Waals surface area contributed by atoms with Gasteiger partial charge in [-0.15, -0.1) is 0 Å². The number of hydrogen-bond acceptors (Lipinski definition) is 2. The zero-order valence-corrected chi connectivity index (χ0v) is 9.01. The van der Waals surface area contributed by atoms with Gasteiger partial charge >= 0.3 is 0 Å². The monoisotopic (exact) mass is 202 g/mol. The SMILES string of the molecule is CCCCCCC(F)C(=O)CC(C)=O. The highest BCUT2D eigenvalue weighted by molar-refractivity contribution is 5.99. The van der Waals surface area contributed by atoms with Crippen LogP contribution in [-0.2, 0) is 9.59 Å². The lowest BCUT2D eigenvalue weighted by atomic mass is 10.0. The molecule has 0 aromatic carbocycles. The molecule has 0 spiro atoms. The van der Waals surface area contributed by atoms with Crippen LogP contribution in [0.3, 0.4) is 0 Å². The molecule has 0 aliphatic rings. The van der Waals surface area contributed by atoms with Crippen molar-refractivity contribution in [1.29, 1.82) is 0 Å². The molecule has 0 amide bonds. The molecule has 0 heterocycles. The van der Waals surface area contributed by atoms with E-state index in [0.717, 1.165) is 25.7 Å². The highest BCUT2D eigenvalue weighted by Crippen LogP contribution is 2.10. The smallest absolute Gasteiger partial charge is 0.174 e. The maximum Gasteiger partial charge on any atom is 0.174 e. The second-order valence-electron chi connectivity index (χ2n) is 3.66. The molecule has 0 radical (unpaired) electrons. The molecule has 0 bridgehead atoms. The third-order valence-corrected chi connectivity index (χ3v) is 2.08. The van der Waals surface area contributed by atoms with Gasteiger partial charge in [0.1, 0.15) is 5.78 Å². The fourth-order valence-corrected chi connectivity index (χ4v) is 1.27. The zero-order valence-electron chi connectivity index (χ0n) is 9.01. The number of carbonyl (C=O) groups excluding carboxylic acids is 2. The van der Waals surface area contributed by atoms with Crippen LogP contribution in [0.5, 0.6) is 0 Å². The average Bonchev–Trinajstić information content (AvgIpc) is 2.11. The molecule has 14 heavy (non-hydrogen) atoms. The molecule has 0 aliphatic heterocycles. The summed E-state index contributed by atoms with van der Waals surface area (Å²) in [5.41, 5.74) is 0. The Kier molecular flexibility index (Phi) is 7.25. The van der Waals surface area contributed by atoms with Crippen molar-refractivity contribution in [3.63, 3.8) is 0 Å². The van der Waals surface area contributed by atoms with E-state index in [0.29, 0.717) is 0 Å². The molecule has 0 saturated heterocycles. The van der Waals surface area contributed by atoms with Gasteiger partial charge in [-0.1, -0.05) is 32.6 Å². The first-order valence-corrected chi connectivity index (χ1v) is 5.24. The second kappa shape index (κ2) is 7.65. The average molecular weight is 202 g/mol. The summed E-state index contributed by atoms with van der Waals surface area (Å²) < 4.78 is 13.1. The van der Waals surface area contributed by atoms with Gasteiger partial charge in [-0.2, -0.15) is 0 Å². The summed E-state index contributed by atoms with van der Waals surface area (Å²) in [5.74, 6) is -0.819. The van der Waals surface area contributed by atoms with Gasteiger partial charge in [0.2, 0.25) is 0 Å². The molecule has 82 valence electrons. The first-order chi connectivity index (χ1) is 6.57. The van der Waals surface area contributed by atoms with Gasteiger partial charge in [-0.05, 0) is 13.3 Å². The van der Waals surface area contributed by atoms with Crippen LogP contribution in [0.1, 0.15) is 52.4 Å². The number of unbranched alkanes of at least 4 members (excludes halogenated alkanes) is 3. The predicted molar refractivity (Wildman–Crippen MR) is 54.0 cm³/mol. The van der Waals surface area contributed by atoms with Gasteiger partial charge in [0.25, 0.3) is 0 Å². The molecular formula is C11H19FO2. The van der Waals surface area contributed by atoms with E-state index in [4.69, 9.17) is 0 Å². The van der Waals surface area contributed by atoms with Gasteiger partial charge < -0.3 is 0 Å². The fraction of sp³-hybridized carbons (Fsp3) is 0.818. The Balaban J connectivity index is 3.57. The molecule has 0 fully saturated rings. The summed E-state index contributed by atoms with van der Waals surface area (Å²) in [5, 5.41) is 0. The highest BCUT2D eigenvalue weighted by Gasteiger charge is 2.17. The summed E-state index contributed by atoms with van der Waals surface area (Å²) in [7, 11) is 0. The fourth-order valence-electron chi connectivity index (χ4n) is 1.27. The van der Waals surface area contributed by atoms with Crippen molar-refractivity contribution in [1.82, 2.24) is 0 Å². The van der Waals surface area contributed by atoms with Crippen LogP contribution in [0.15, 0.2) is 0 Å². The number of Topliss-reactive ketones (excluding diaryl/α,β-unsaturated/α-hetero) is 2. The Bertz CT molecular complexity index is 190. The second-order valence-corrected chi connectivity index (χ2v) is 3.66. The largest absolute Gasteiger partial charge is 0.300 e. The quantitative estimate of drug-likeness (QED) is 0.448. The van der Waals surface area contributed by atoms with Crippen molar-refractivity contribution < 1.29 is 14.0 Å². The molecule has 0 aliphatic carbocycles. The van der Waals surface area contributed by atoms with E-state index in [1.807, 2.05) is 0 Å². The van der Waals surface area contributed by atoms with E-state index in [-0.39, 0.29) is 18.6 Å². The Morgan fingerprint density at radius 2 is 1.86 bits per heavy atom. The molecule has 1 atom stereocenters. The van der Waals surface area contributed by atoms with Crippen LogP contribution >= 0.6 is 0 Å². The Hall–Kier alpha value is -0.730. The van der Waals surface area contributed by atoms with Gasteiger partial charge in [0.05, 0.1) is 6.42 Å². The van der Waals surface area contributed by atoms with E-state index >= 15 is 0 Å². The highest BCUT2D eigenvalue weighted by atomic mass is 19.1. The molecule has 1 unspecified atom stereocenters. The Morgan fingerprint density at radius 1 is 1.21 bits per heavy atom.